The number of nitrogens with zero attached hydrogens (tertiary/aromatic N) is 1. The molecule has 8 heteroatoms. The van der Waals surface area contributed by atoms with Crippen molar-refractivity contribution >= 4 is 18.0 Å². The number of nitrogens with one attached hydrogen (secondary N) is 1. The molecule has 1 heterocycles. The minimum atomic E-state index is -1.17. The van der Waals surface area contributed by atoms with Crippen LogP contribution in [-0.2, 0) is 19.1 Å². The second kappa shape index (κ2) is 6.75. The lowest BCUT2D eigenvalue weighted by Crippen LogP contribution is -2.45. The number of aliphatic hydroxyl groups excluding tert-OH is 1. The molecule has 8 nitrogen and oxygen atoms in total. The topological polar surface area (TPSA) is 105 Å². The number of hydrogen-bond acceptors (Lipinski definition) is 6. The Morgan fingerprint density at radius 1 is 1.43 bits per heavy atom. The number of hydrogen-bond donors (Lipinski definition) is 2. The minimum absolute atomic E-state index is 0.0920. The van der Waals surface area contributed by atoms with Crippen molar-refractivity contribution in [3.63, 3.8) is 0 Å². The first-order valence-corrected chi connectivity index (χ1v) is 6.66. The molecule has 2 atom stereocenters. The molecule has 0 spiro atoms. The first-order chi connectivity index (χ1) is 9.64. The molecule has 21 heavy (non-hydrogen) atoms. The quantitative estimate of drug-likeness (QED) is 0.687. The smallest absolute Gasteiger partial charge is 0.407 e. The molecule has 0 aromatic rings. The maximum absolute atomic E-state index is 11.8. The van der Waals surface area contributed by atoms with E-state index in [9.17, 15) is 19.5 Å². The summed E-state index contributed by atoms with van der Waals surface area (Å²) >= 11 is 0. The van der Waals surface area contributed by atoms with E-state index in [0.717, 1.165) is 0 Å². The fourth-order valence-electron chi connectivity index (χ4n) is 1.98. The van der Waals surface area contributed by atoms with Crippen molar-refractivity contribution in [3.8, 4) is 0 Å². The number of likely N-dealkylation sites (tertiary alicyclic amines) is 1. The van der Waals surface area contributed by atoms with Crippen LogP contribution in [0.1, 0.15) is 27.2 Å². The van der Waals surface area contributed by atoms with E-state index in [4.69, 9.17) is 4.74 Å². The predicted octanol–water partition coefficient (Wildman–Crippen LogP) is -0.354. The summed E-state index contributed by atoms with van der Waals surface area (Å²) in [6, 6.07) is -0.473. The molecule has 1 saturated heterocycles. The number of aliphatic hydroxyl groups is 1. The predicted molar refractivity (Wildman–Crippen MR) is 72.4 cm³/mol. The van der Waals surface area contributed by atoms with Crippen LogP contribution in [0.5, 0.6) is 0 Å². The molecule has 0 aliphatic carbocycles. The standard InChI is InChI=1S/C13H22N2O6/c1-13(2,3)21-12(19)14-6-8-5-9(16)11(18)15(8)7-10(17)20-4/h8-9,16H,5-7H2,1-4H3,(H,14,19)/t8-,9+/m0/s1. The van der Waals surface area contributed by atoms with Gasteiger partial charge in [-0.3, -0.25) is 9.59 Å². The average Bonchev–Trinajstić information content (AvgIpc) is 2.62. The zero-order valence-electron chi connectivity index (χ0n) is 12.7. The van der Waals surface area contributed by atoms with Crippen LogP contribution in [0, 0.1) is 0 Å². The van der Waals surface area contributed by atoms with Crippen molar-refractivity contribution < 1.29 is 29.0 Å². The summed E-state index contributed by atoms with van der Waals surface area (Å²) in [7, 11) is 1.22. The van der Waals surface area contributed by atoms with E-state index in [-0.39, 0.29) is 19.5 Å². The molecule has 120 valence electrons. The Hall–Kier alpha value is -1.83. The largest absolute Gasteiger partial charge is 0.468 e. The summed E-state index contributed by atoms with van der Waals surface area (Å²) in [6.45, 7) is 5.04. The van der Waals surface area contributed by atoms with Crippen molar-refractivity contribution in [3.05, 3.63) is 0 Å². The van der Waals surface area contributed by atoms with Gasteiger partial charge < -0.3 is 24.8 Å². The van der Waals surface area contributed by atoms with Gasteiger partial charge in [-0.2, -0.15) is 0 Å². The summed E-state index contributed by atoms with van der Waals surface area (Å²) in [5.41, 5.74) is -0.624. The number of alkyl carbamates (subject to hydrolysis) is 1. The Kier molecular flexibility index (Phi) is 5.54. The Balaban J connectivity index is 2.57. The van der Waals surface area contributed by atoms with E-state index in [1.165, 1.54) is 12.0 Å². The van der Waals surface area contributed by atoms with Gasteiger partial charge in [0.05, 0.1) is 13.2 Å². The van der Waals surface area contributed by atoms with Crippen LogP contribution < -0.4 is 5.32 Å². The van der Waals surface area contributed by atoms with Crippen LogP contribution >= 0.6 is 0 Å². The number of rotatable bonds is 4. The highest BCUT2D eigenvalue weighted by molar-refractivity contribution is 5.87. The lowest BCUT2D eigenvalue weighted by atomic mass is 10.2. The zero-order valence-corrected chi connectivity index (χ0v) is 12.7. The van der Waals surface area contributed by atoms with Crippen molar-refractivity contribution in [2.24, 2.45) is 0 Å². The van der Waals surface area contributed by atoms with E-state index < -0.39 is 35.7 Å². The first-order valence-electron chi connectivity index (χ1n) is 6.66. The molecule has 0 aromatic carbocycles. The van der Waals surface area contributed by atoms with Crippen LogP contribution in [0.25, 0.3) is 0 Å². The number of methoxy groups -OCH3 is 1. The highest BCUT2D eigenvalue weighted by Crippen LogP contribution is 2.19. The summed E-state index contributed by atoms with van der Waals surface area (Å²) in [5, 5.41) is 12.1. The van der Waals surface area contributed by atoms with Crippen LogP contribution in [0.15, 0.2) is 0 Å². The lowest BCUT2D eigenvalue weighted by Gasteiger charge is -2.25. The van der Waals surface area contributed by atoms with E-state index in [1.54, 1.807) is 20.8 Å². The number of carbonyl (C=O) groups is 3. The number of carbonyl (C=O) groups excluding carboxylic acids is 3. The molecule has 1 fully saturated rings. The van der Waals surface area contributed by atoms with Gasteiger partial charge in [0.1, 0.15) is 18.2 Å². The second-order valence-corrected chi connectivity index (χ2v) is 5.83. The molecule has 2 amide bonds. The molecule has 1 aliphatic rings. The first kappa shape index (κ1) is 17.2. The van der Waals surface area contributed by atoms with Crippen LogP contribution in [-0.4, -0.2) is 65.9 Å². The molecular weight excluding hydrogens is 280 g/mol. The SMILES string of the molecule is COC(=O)CN1C(=O)[C@H](O)C[C@H]1CNC(=O)OC(C)(C)C. The molecule has 1 rings (SSSR count). The maximum Gasteiger partial charge on any atom is 0.407 e. The third-order valence-corrected chi connectivity index (χ3v) is 2.91. The molecule has 0 unspecified atom stereocenters. The molecule has 1 aliphatic heterocycles. The van der Waals surface area contributed by atoms with Crippen molar-refractivity contribution in [1.29, 1.82) is 0 Å². The highest BCUT2D eigenvalue weighted by Gasteiger charge is 2.39. The van der Waals surface area contributed by atoms with Gasteiger partial charge in [0, 0.05) is 13.0 Å². The molecule has 0 aromatic heterocycles. The molecule has 0 saturated carbocycles. The summed E-state index contributed by atoms with van der Waals surface area (Å²) in [4.78, 5) is 35.8. The van der Waals surface area contributed by atoms with Gasteiger partial charge >= 0.3 is 12.1 Å². The van der Waals surface area contributed by atoms with Gasteiger partial charge in [0.15, 0.2) is 0 Å². The normalized spacial score (nSPS) is 22.1. The Labute approximate surface area is 123 Å². The van der Waals surface area contributed by atoms with Crippen LogP contribution in [0.2, 0.25) is 0 Å². The van der Waals surface area contributed by atoms with Crippen molar-refractivity contribution in [2.75, 3.05) is 20.2 Å². The third-order valence-electron chi connectivity index (χ3n) is 2.91. The van der Waals surface area contributed by atoms with Gasteiger partial charge in [-0.1, -0.05) is 0 Å². The zero-order chi connectivity index (χ0) is 16.2. The minimum Gasteiger partial charge on any atom is -0.468 e. The van der Waals surface area contributed by atoms with Crippen LogP contribution in [0.3, 0.4) is 0 Å². The van der Waals surface area contributed by atoms with Gasteiger partial charge in [0.25, 0.3) is 5.91 Å². The fourth-order valence-corrected chi connectivity index (χ4v) is 1.98. The van der Waals surface area contributed by atoms with Gasteiger partial charge in [-0.25, -0.2) is 4.79 Å². The fraction of sp³-hybridized carbons (Fsp3) is 0.769. The number of esters is 1. The third kappa shape index (κ3) is 5.22. The Bertz CT molecular complexity index is 417. The van der Waals surface area contributed by atoms with E-state index in [2.05, 4.69) is 10.1 Å². The van der Waals surface area contributed by atoms with Crippen LogP contribution in [0.4, 0.5) is 4.79 Å². The molecular formula is C13H22N2O6. The Morgan fingerprint density at radius 2 is 2.05 bits per heavy atom. The molecule has 0 bridgehead atoms. The van der Waals surface area contributed by atoms with Crippen molar-refractivity contribution in [2.45, 2.75) is 44.9 Å². The summed E-state index contributed by atoms with van der Waals surface area (Å²) in [5.74, 6) is -1.13. The monoisotopic (exact) mass is 302 g/mol. The second-order valence-electron chi connectivity index (χ2n) is 5.83. The summed E-state index contributed by atoms with van der Waals surface area (Å²) < 4.78 is 9.59. The Morgan fingerprint density at radius 3 is 2.57 bits per heavy atom. The van der Waals surface area contributed by atoms with E-state index >= 15 is 0 Å². The lowest BCUT2D eigenvalue weighted by molar-refractivity contribution is -0.148. The van der Waals surface area contributed by atoms with Gasteiger partial charge in [-0.15, -0.1) is 0 Å². The summed E-state index contributed by atoms with van der Waals surface area (Å²) in [6.07, 6.45) is -1.64. The molecule has 0 radical (unpaired) electrons. The molecule has 2 N–H and O–H groups in total. The average molecular weight is 302 g/mol. The number of ether oxygens (including phenoxy) is 2. The number of amides is 2. The van der Waals surface area contributed by atoms with Crippen molar-refractivity contribution in [1.82, 2.24) is 10.2 Å². The maximum atomic E-state index is 11.8. The van der Waals surface area contributed by atoms with Gasteiger partial charge in [0.2, 0.25) is 0 Å². The van der Waals surface area contributed by atoms with Gasteiger partial charge in [-0.05, 0) is 20.8 Å². The van der Waals surface area contributed by atoms with E-state index in [1.807, 2.05) is 0 Å². The van der Waals surface area contributed by atoms with E-state index in [0.29, 0.717) is 0 Å². The highest BCUT2D eigenvalue weighted by atomic mass is 16.6.